The van der Waals surface area contributed by atoms with Crippen LogP contribution in [0.4, 0.5) is 0 Å². The van der Waals surface area contributed by atoms with Crippen LogP contribution in [0.15, 0.2) is 54.6 Å². The first kappa shape index (κ1) is 28.4. The van der Waals surface area contributed by atoms with Gasteiger partial charge in [-0.05, 0) is 76.4 Å². The van der Waals surface area contributed by atoms with E-state index in [9.17, 15) is 0 Å². The minimum absolute atomic E-state index is 0.376. The highest BCUT2D eigenvalue weighted by Gasteiger charge is 1.93. The molecule has 3 aromatic rings. The van der Waals surface area contributed by atoms with Crippen molar-refractivity contribution in [3.63, 3.8) is 0 Å². The lowest BCUT2D eigenvalue weighted by atomic mass is 10.1. The molecular weight excluding hydrogens is 415 g/mol. The maximum atomic E-state index is 9.04. The second-order valence-corrected chi connectivity index (χ2v) is 7.67. The number of benzene rings is 3. The molecule has 0 saturated carbocycles. The molecular formula is C24H33O6P. The van der Waals surface area contributed by atoms with Crippen molar-refractivity contribution in [3.8, 4) is 17.2 Å². The maximum absolute atomic E-state index is 9.04. The largest absolute Gasteiger partial charge is 0.508 e. The van der Waals surface area contributed by atoms with Crippen LogP contribution in [0.5, 0.6) is 17.2 Å². The van der Waals surface area contributed by atoms with Crippen LogP contribution in [-0.4, -0.2) is 30.0 Å². The van der Waals surface area contributed by atoms with E-state index in [-0.39, 0.29) is 0 Å². The molecule has 3 aromatic carbocycles. The average Bonchev–Trinajstić information content (AvgIpc) is 2.66. The van der Waals surface area contributed by atoms with Crippen molar-refractivity contribution in [1.29, 1.82) is 0 Å². The minimum Gasteiger partial charge on any atom is -0.508 e. The third kappa shape index (κ3) is 13.3. The smallest absolute Gasteiger partial charge is 0.324 e. The highest BCUT2D eigenvalue weighted by Crippen LogP contribution is 2.17. The second-order valence-electron chi connectivity index (χ2n) is 7.14. The fourth-order valence-electron chi connectivity index (χ4n) is 2.42. The Balaban J connectivity index is 0.000000402. The molecule has 3 rings (SSSR count). The number of hydrogen-bond acceptors (Lipinski definition) is 6. The second kappa shape index (κ2) is 14.4. The predicted molar refractivity (Wildman–Crippen MR) is 126 cm³/mol. The average molecular weight is 448 g/mol. The Morgan fingerprint density at radius 2 is 0.645 bits per heavy atom. The summed E-state index contributed by atoms with van der Waals surface area (Å²) in [6.07, 6.45) is 0. The molecule has 0 unspecified atom stereocenters. The quantitative estimate of drug-likeness (QED) is 0.262. The van der Waals surface area contributed by atoms with Crippen molar-refractivity contribution < 1.29 is 30.0 Å². The highest BCUT2D eigenvalue weighted by atomic mass is 31.2. The van der Waals surface area contributed by atoms with Gasteiger partial charge in [0.2, 0.25) is 0 Å². The molecule has 0 radical (unpaired) electrons. The summed E-state index contributed by atoms with van der Waals surface area (Å²) in [6.45, 7) is 11.7. The van der Waals surface area contributed by atoms with Crippen LogP contribution in [0.25, 0.3) is 0 Å². The Kier molecular flexibility index (Phi) is 13.2. The van der Waals surface area contributed by atoms with Crippen LogP contribution in [-0.2, 0) is 0 Å². The SMILES string of the molecule is Cc1ccc(O)c(C)c1.Cc1ccc(O)c(C)c1.Cc1ccc(O)c(C)c1.OP(O)O. The molecule has 0 atom stereocenters. The number of aromatic hydroxyl groups is 3. The molecule has 0 spiro atoms. The van der Waals surface area contributed by atoms with E-state index in [2.05, 4.69) is 0 Å². The van der Waals surface area contributed by atoms with Crippen molar-refractivity contribution in [2.75, 3.05) is 0 Å². The molecule has 0 aliphatic rings. The Hall–Kier alpha value is -2.63. The van der Waals surface area contributed by atoms with Gasteiger partial charge in [0.25, 0.3) is 0 Å². The van der Waals surface area contributed by atoms with E-state index in [4.69, 9.17) is 30.0 Å². The van der Waals surface area contributed by atoms with Crippen molar-refractivity contribution in [1.82, 2.24) is 0 Å². The summed E-state index contributed by atoms with van der Waals surface area (Å²) in [5, 5.41) is 27.1. The van der Waals surface area contributed by atoms with Crippen LogP contribution < -0.4 is 0 Å². The number of rotatable bonds is 0. The normalized spacial score (nSPS) is 9.48. The van der Waals surface area contributed by atoms with Gasteiger partial charge in [-0.15, -0.1) is 0 Å². The van der Waals surface area contributed by atoms with E-state index < -0.39 is 8.60 Å². The van der Waals surface area contributed by atoms with E-state index in [0.717, 1.165) is 16.7 Å². The predicted octanol–water partition coefficient (Wildman–Crippen LogP) is 5.22. The number of phenolic OH excluding ortho intramolecular Hbond substituents is 3. The summed E-state index contributed by atoms with van der Waals surface area (Å²) >= 11 is 0. The fraction of sp³-hybridized carbons (Fsp3) is 0.250. The van der Waals surface area contributed by atoms with Gasteiger partial charge in [-0.1, -0.05) is 53.1 Å². The first-order chi connectivity index (χ1) is 14.3. The molecule has 0 bridgehead atoms. The molecule has 6 N–H and O–H groups in total. The van der Waals surface area contributed by atoms with E-state index in [1.54, 1.807) is 18.2 Å². The molecule has 7 heteroatoms. The molecule has 0 aliphatic carbocycles. The van der Waals surface area contributed by atoms with Gasteiger partial charge in [0.05, 0.1) is 0 Å². The molecule has 0 aliphatic heterocycles. The minimum atomic E-state index is -2.62. The lowest BCUT2D eigenvalue weighted by Gasteiger charge is -1.97. The van der Waals surface area contributed by atoms with Gasteiger partial charge in [-0.2, -0.15) is 0 Å². The van der Waals surface area contributed by atoms with Gasteiger partial charge in [0.1, 0.15) is 17.2 Å². The molecule has 0 amide bonds. The Bertz CT molecular complexity index is 821. The molecule has 0 aromatic heterocycles. The fourth-order valence-corrected chi connectivity index (χ4v) is 2.42. The molecule has 170 valence electrons. The third-order valence-corrected chi connectivity index (χ3v) is 4.06. The van der Waals surface area contributed by atoms with E-state index in [0.29, 0.717) is 17.2 Å². The highest BCUT2D eigenvalue weighted by molar-refractivity contribution is 7.38. The van der Waals surface area contributed by atoms with Crippen LogP contribution >= 0.6 is 8.60 Å². The van der Waals surface area contributed by atoms with E-state index in [1.165, 1.54) is 16.7 Å². The van der Waals surface area contributed by atoms with Gasteiger partial charge in [0.15, 0.2) is 0 Å². The van der Waals surface area contributed by atoms with E-state index in [1.807, 2.05) is 77.9 Å². The zero-order valence-electron chi connectivity index (χ0n) is 18.8. The van der Waals surface area contributed by atoms with Crippen molar-refractivity contribution in [2.24, 2.45) is 0 Å². The zero-order valence-corrected chi connectivity index (χ0v) is 19.7. The topological polar surface area (TPSA) is 121 Å². The Morgan fingerprint density at radius 3 is 0.774 bits per heavy atom. The lowest BCUT2D eigenvalue weighted by Crippen LogP contribution is -1.75. The van der Waals surface area contributed by atoms with Crippen molar-refractivity contribution in [2.45, 2.75) is 41.5 Å². The van der Waals surface area contributed by atoms with Crippen molar-refractivity contribution >= 4 is 8.60 Å². The summed E-state index contributed by atoms with van der Waals surface area (Å²) in [4.78, 5) is 21.7. The van der Waals surface area contributed by atoms with Gasteiger partial charge >= 0.3 is 8.60 Å². The molecule has 31 heavy (non-hydrogen) atoms. The lowest BCUT2D eigenvalue weighted by molar-refractivity contribution is 0.368. The summed E-state index contributed by atoms with van der Waals surface area (Å²) < 4.78 is 0. The molecule has 0 saturated heterocycles. The summed E-state index contributed by atoms with van der Waals surface area (Å²) in [5.74, 6) is 1.13. The van der Waals surface area contributed by atoms with Gasteiger partial charge < -0.3 is 30.0 Å². The zero-order chi connectivity index (χ0) is 24.1. The van der Waals surface area contributed by atoms with Crippen LogP contribution in [0.3, 0.4) is 0 Å². The standard InChI is InChI=1S/3C8H10O.H3O3P/c3*1-6-3-4-8(9)7(2)5-6;1-4(2)3/h3*3-5,9H,1-2H3;1-3H. The Morgan fingerprint density at radius 1 is 0.452 bits per heavy atom. The Labute approximate surface area is 185 Å². The maximum Gasteiger partial charge on any atom is 0.324 e. The molecule has 0 fully saturated rings. The summed E-state index contributed by atoms with van der Waals surface area (Å²) in [5.41, 5.74) is 6.38. The first-order valence-electron chi connectivity index (χ1n) is 9.48. The first-order valence-corrected chi connectivity index (χ1v) is 10.7. The molecule has 0 heterocycles. The summed E-state index contributed by atoms with van der Waals surface area (Å²) in [6, 6.07) is 16.7. The summed E-state index contributed by atoms with van der Waals surface area (Å²) in [7, 11) is -2.62. The van der Waals surface area contributed by atoms with Crippen LogP contribution in [0.2, 0.25) is 0 Å². The van der Waals surface area contributed by atoms with Crippen molar-refractivity contribution in [3.05, 3.63) is 88.0 Å². The third-order valence-electron chi connectivity index (χ3n) is 4.06. The molecule has 6 nitrogen and oxygen atoms in total. The van der Waals surface area contributed by atoms with Gasteiger partial charge in [-0.25, -0.2) is 0 Å². The number of phenols is 3. The van der Waals surface area contributed by atoms with Crippen LogP contribution in [0.1, 0.15) is 33.4 Å². The van der Waals surface area contributed by atoms with Crippen LogP contribution in [0, 0.1) is 41.5 Å². The number of aryl methyl sites for hydroxylation is 6. The van der Waals surface area contributed by atoms with Gasteiger partial charge in [0, 0.05) is 0 Å². The van der Waals surface area contributed by atoms with Gasteiger partial charge in [-0.3, -0.25) is 0 Å². The monoisotopic (exact) mass is 448 g/mol. The van der Waals surface area contributed by atoms with E-state index >= 15 is 0 Å². The number of hydrogen-bond donors (Lipinski definition) is 6.